The fourth-order valence-electron chi connectivity index (χ4n) is 3.28. The Kier molecular flexibility index (Phi) is 5.71. The molecule has 0 radical (unpaired) electrons. The van der Waals surface area contributed by atoms with Gasteiger partial charge in [-0.1, -0.05) is 18.6 Å². The minimum absolute atomic E-state index is 0. The van der Waals surface area contributed by atoms with Crippen molar-refractivity contribution in [2.75, 3.05) is 33.2 Å². The first kappa shape index (κ1) is 14.1. The summed E-state index contributed by atoms with van der Waals surface area (Å²) in [5, 5.41) is 3.68. The summed E-state index contributed by atoms with van der Waals surface area (Å²) in [6.07, 6.45) is 10.6. The van der Waals surface area contributed by atoms with Gasteiger partial charge in [-0.3, -0.25) is 0 Å². The lowest BCUT2D eigenvalue weighted by atomic mass is 9.94. The zero-order chi connectivity index (χ0) is 12.8. The van der Waals surface area contributed by atoms with E-state index in [0.717, 1.165) is 11.8 Å². The average Bonchev–Trinajstić information content (AvgIpc) is 2.85. The summed E-state index contributed by atoms with van der Waals surface area (Å²) in [4.78, 5) is 2.46. The van der Waals surface area contributed by atoms with Crippen LogP contribution in [0.1, 0.15) is 46.9 Å². The van der Waals surface area contributed by atoms with Crippen molar-refractivity contribution < 1.29 is 1.43 Å². The first-order valence-corrected chi connectivity index (χ1v) is 7.85. The number of hydrogen-bond donors (Lipinski definition) is 1. The molecule has 2 aliphatic rings. The summed E-state index contributed by atoms with van der Waals surface area (Å²) < 4.78 is 0. The molecule has 2 rings (SSSR count). The summed E-state index contributed by atoms with van der Waals surface area (Å²) in [5.74, 6) is 1.86. The normalized spacial score (nSPS) is 26.6. The molecule has 0 saturated carbocycles. The van der Waals surface area contributed by atoms with E-state index >= 15 is 0 Å². The van der Waals surface area contributed by atoms with Gasteiger partial charge in [0.25, 0.3) is 0 Å². The van der Waals surface area contributed by atoms with Gasteiger partial charge >= 0.3 is 0 Å². The van der Waals surface area contributed by atoms with Crippen LogP contribution in [0.3, 0.4) is 0 Å². The maximum Gasteiger partial charge on any atom is 0 e. The lowest BCUT2D eigenvalue weighted by molar-refractivity contribution is 0.211. The lowest BCUT2D eigenvalue weighted by Gasteiger charge is -2.29. The van der Waals surface area contributed by atoms with Crippen molar-refractivity contribution >= 4 is 0 Å². The molecule has 1 fully saturated rings. The van der Waals surface area contributed by atoms with Gasteiger partial charge in [-0.2, -0.15) is 0 Å². The SMILES string of the molecule is CCC1=CCC(CNCCC2CCN(C)CC2)C1.[HH]. The summed E-state index contributed by atoms with van der Waals surface area (Å²) in [6.45, 7) is 7.34. The van der Waals surface area contributed by atoms with E-state index < -0.39 is 0 Å². The molecule has 2 nitrogen and oxygen atoms in total. The highest BCUT2D eigenvalue weighted by Gasteiger charge is 2.17. The Bertz CT molecular complexity index is 266. The smallest absolute Gasteiger partial charge is 0 e. The van der Waals surface area contributed by atoms with Gasteiger partial charge in [0.1, 0.15) is 0 Å². The van der Waals surface area contributed by atoms with Crippen LogP contribution in [0.25, 0.3) is 0 Å². The molecule has 0 bridgehead atoms. The van der Waals surface area contributed by atoms with Gasteiger partial charge in [0, 0.05) is 1.43 Å². The third kappa shape index (κ3) is 4.40. The van der Waals surface area contributed by atoms with E-state index in [-0.39, 0.29) is 1.43 Å². The van der Waals surface area contributed by atoms with Crippen LogP contribution in [0, 0.1) is 11.8 Å². The van der Waals surface area contributed by atoms with Crippen molar-refractivity contribution in [1.29, 1.82) is 0 Å². The summed E-state index contributed by atoms with van der Waals surface area (Å²) in [6, 6.07) is 0. The maximum absolute atomic E-state index is 3.68. The van der Waals surface area contributed by atoms with Crippen LogP contribution in [0.2, 0.25) is 0 Å². The van der Waals surface area contributed by atoms with E-state index in [0.29, 0.717) is 0 Å². The summed E-state index contributed by atoms with van der Waals surface area (Å²) in [7, 11) is 2.24. The molecule has 0 aromatic heterocycles. The molecular weight excluding hydrogens is 220 g/mol. The van der Waals surface area contributed by atoms with Crippen molar-refractivity contribution in [2.24, 2.45) is 11.8 Å². The highest BCUT2D eigenvalue weighted by molar-refractivity contribution is 5.09. The molecule has 1 saturated heterocycles. The van der Waals surface area contributed by atoms with Crippen LogP contribution < -0.4 is 5.32 Å². The number of piperidine rings is 1. The number of allylic oxidation sites excluding steroid dienone is 2. The maximum atomic E-state index is 3.68. The fourth-order valence-corrected chi connectivity index (χ4v) is 3.28. The molecule has 1 aliphatic heterocycles. The molecule has 18 heavy (non-hydrogen) atoms. The first-order valence-electron chi connectivity index (χ1n) is 7.85. The van der Waals surface area contributed by atoms with Crippen molar-refractivity contribution in [1.82, 2.24) is 10.2 Å². The minimum atomic E-state index is 0. The summed E-state index contributed by atoms with van der Waals surface area (Å²) >= 11 is 0. The second-order valence-corrected chi connectivity index (χ2v) is 6.26. The van der Waals surface area contributed by atoms with E-state index in [1.165, 1.54) is 64.7 Å². The molecule has 0 amide bonds. The monoisotopic (exact) mass is 252 g/mol. The van der Waals surface area contributed by atoms with Crippen LogP contribution in [-0.4, -0.2) is 38.1 Å². The summed E-state index contributed by atoms with van der Waals surface area (Å²) in [5.41, 5.74) is 1.68. The average molecular weight is 252 g/mol. The molecule has 106 valence electrons. The Morgan fingerprint density at radius 3 is 2.78 bits per heavy atom. The molecule has 1 N–H and O–H groups in total. The number of nitrogens with zero attached hydrogens (tertiary/aromatic N) is 1. The number of nitrogens with one attached hydrogen (secondary N) is 1. The molecule has 1 atom stereocenters. The van der Waals surface area contributed by atoms with Gasteiger partial charge in [0.15, 0.2) is 0 Å². The van der Waals surface area contributed by atoms with E-state index in [4.69, 9.17) is 0 Å². The van der Waals surface area contributed by atoms with Crippen molar-refractivity contribution in [2.45, 2.75) is 45.4 Å². The second-order valence-electron chi connectivity index (χ2n) is 6.26. The van der Waals surface area contributed by atoms with Gasteiger partial charge in [0.2, 0.25) is 0 Å². The van der Waals surface area contributed by atoms with E-state index in [9.17, 15) is 0 Å². The topological polar surface area (TPSA) is 15.3 Å². The Morgan fingerprint density at radius 1 is 1.33 bits per heavy atom. The molecule has 2 heteroatoms. The third-order valence-electron chi connectivity index (χ3n) is 4.75. The van der Waals surface area contributed by atoms with Gasteiger partial charge < -0.3 is 10.2 Å². The van der Waals surface area contributed by atoms with Crippen LogP contribution >= 0.6 is 0 Å². The van der Waals surface area contributed by atoms with Crippen molar-refractivity contribution in [3.63, 3.8) is 0 Å². The molecule has 0 aromatic rings. The lowest BCUT2D eigenvalue weighted by Crippen LogP contribution is -2.32. The second kappa shape index (κ2) is 7.30. The zero-order valence-corrected chi connectivity index (χ0v) is 12.3. The predicted octanol–water partition coefficient (Wildman–Crippen LogP) is 3.30. The van der Waals surface area contributed by atoms with Crippen LogP contribution in [-0.2, 0) is 0 Å². The number of rotatable bonds is 6. The standard InChI is InChI=1S/C16H30N2.H2/c1-3-14-4-5-16(12-14)13-17-9-6-15-7-10-18(2)11-8-15;/h4,15-17H,3,5-13H2,1-2H3;1H. The Morgan fingerprint density at radius 2 is 2.11 bits per heavy atom. The predicted molar refractivity (Wildman–Crippen MR) is 80.9 cm³/mol. The highest BCUT2D eigenvalue weighted by Crippen LogP contribution is 2.26. The Labute approximate surface area is 114 Å². The number of likely N-dealkylation sites (tertiary alicyclic amines) is 1. The molecule has 1 aliphatic carbocycles. The molecule has 1 heterocycles. The zero-order valence-electron chi connectivity index (χ0n) is 12.3. The molecule has 0 aromatic carbocycles. The van der Waals surface area contributed by atoms with Crippen molar-refractivity contribution in [3.8, 4) is 0 Å². The minimum Gasteiger partial charge on any atom is -0.316 e. The first-order chi connectivity index (χ1) is 8.78. The van der Waals surface area contributed by atoms with E-state index in [1.54, 1.807) is 5.57 Å². The Hall–Kier alpha value is -0.340. The quantitative estimate of drug-likeness (QED) is 0.576. The largest absolute Gasteiger partial charge is 0.316 e. The fraction of sp³-hybridized carbons (Fsp3) is 0.875. The highest BCUT2D eigenvalue weighted by atomic mass is 15.1. The Balaban J connectivity index is 0.00000180. The van der Waals surface area contributed by atoms with Gasteiger partial charge in [-0.25, -0.2) is 0 Å². The van der Waals surface area contributed by atoms with Crippen LogP contribution in [0.15, 0.2) is 11.6 Å². The van der Waals surface area contributed by atoms with Gasteiger partial charge in [0.05, 0.1) is 0 Å². The van der Waals surface area contributed by atoms with Gasteiger partial charge in [-0.05, 0) is 83.6 Å². The van der Waals surface area contributed by atoms with Crippen molar-refractivity contribution in [3.05, 3.63) is 11.6 Å². The number of hydrogen-bond acceptors (Lipinski definition) is 2. The van der Waals surface area contributed by atoms with Crippen LogP contribution in [0.5, 0.6) is 0 Å². The van der Waals surface area contributed by atoms with Gasteiger partial charge in [-0.15, -0.1) is 0 Å². The van der Waals surface area contributed by atoms with Crippen LogP contribution in [0.4, 0.5) is 0 Å². The molecule has 0 spiro atoms. The molecule has 1 unspecified atom stereocenters. The molecular formula is C16H32N2. The third-order valence-corrected chi connectivity index (χ3v) is 4.75. The van der Waals surface area contributed by atoms with E-state index in [1.807, 2.05) is 0 Å². The van der Waals surface area contributed by atoms with E-state index in [2.05, 4.69) is 30.3 Å².